The highest BCUT2D eigenvalue weighted by Crippen LogP contribution is 2.22. The highest BCUT2D eigenvalue weighted by atomic mass is 16.5. The average Bonchev–Trinajstić information content (AvgIpc) is 2.80. The van der Waals surface area contributed by atoms with Crippen molar-refractivity contribution in [3.63, 3.8) is 0 Å². The molecule has 0 aromatic carbocycles. The van der Waals surface area contributed by atoms with Gasteiger partial charge < -0.3 is 9.72 Å². The largest absolute Gasteiger partial charge is 0.481 e. The van der Waals surface area contributed by atoms with Crippen LogP contribution < -0.4 is 4.74 Å². The summed E-state index contributed by atoms with van der Waals surface area (Å²) < 4.78 is 5.11. The van der Waals surface area contributed by atoms with Gasteiger partial charge in [0.25, 0.3) is 0 Å². The fourth-order valence-electron chi connectivity index (χ4n) is 1.83. The Balaban J connectivity index is 2.15. The van der Waals surface area contributed by atoms with Gasteiger partial charge in [-0.3, -0.25) is 0 Å². The van der Waals surface area contributed by atoms with Crippen molar-refractivity contribution in [2.45, 2.75) is 6.92 Å². The van der Waals surface area contributed by atoms with E-state index in [1.54, 1.807) is 19.5 Å². The van der Waals surface area contributed by atoms with Crippen molar-refractivity contribution < 1.29 is 4.74 Å². The number of methoxy groups -OCH3 is 1. The molecular formula is C13H12N4O. The SMILES string of the molecule is COc1cc(-c2cnc3[nH]cc(C)c3n2)ccn1. The average molecular weight is 240 g/mol. The van der Waals surface area contributed by atoms with Crippen LogP contribution in [0.4, 0.5) is 0 Å². The molecule has 90 valence electrons. The van der Waals surface area contributed by atoms with Gasteiger partial charge in [-0.1, -0.05) is 0 Å². The molecule has 0 unspecified atom stereocenters. The lowest BCUT2D eigenvalue weighted by atomic mass is 10.2. The molecule has 18 heavy (non-hydrogen) atoms. The fourth-order valence-corrected chi connectivity index (χ4v) is 1.83. The van der Waals surface area contributed by atoms with Crippen LogP contribution >= 0.6 is 0 Å². The first-order valence-corrected chi connectivity index (χ1v) is 5.59. The van der Waals surface area contributed by atoms with Crippen LogP contribution in [0.25, 0.3) is 22.4 Å². The van der Waals surface area contributed by atoms with Crippen molar-refractivity contribution in [2.75, 3.05) is 7.11 Å². The molecule has 3 aromatic rings. The Bertz CT molecular complexity index is 705. The molecule has 0 bridgehead atoms. The third-order valence-electron chi connectivity index (χ3n) is 2.81. The monoisotopic (exact) mass is 240 g/mol. The van der Waals surface area contributed by atoms with Crippen LogP contribution in [0, 0.1) is 6.92 Å². The highest BCUT2D eigenvalue weighted by molar-refractivity contribution is 5.77. The van der Waals surface area contributed by atoms with Crippen molar-refractivity contribution in [1.29, 1.82) is 0 Å². The van der Waals surface area contributed by atoms with Crippen LogP contribution in [0.3, 0.4) is 0 Å². The Morgan fingerprint density at radius 3 is 3.00 bits per heavy atom. The molecule has 0 aliphatic heterocycles. The minimum atomic E-state index is 0.570. The second-order valence-corrected chi connectivity index (χ2v) is 4.01. The lowest BCUT2D eigenvalue weighted by Gasteiger charge is -2.03. The second kappa shape index (κ2) is 4.10. The first-order chi connectivity index (χ1) is 8.78. The van der Waals surface area contributed by atoms with Crippen molar-refractivity contribution in [1.82, 2.24) is 19.9 Å². The molecule has 0 radical (unpaired) electrons. The summed E-state index contributed by atoms with van der Waals surface area (Å²) in [5, 5.41) is 0. The van der Waals surface area contributed by atoms with Crippen LogP contribution in [-0.2, 0) is 0 Å². The smallest absolute Gasteiger partial charge is 0.213 e. The van der Waals surface area contributed by atoms with Crippen LogP contribution in [0.1, 0.15) is 5.56 Å². The maximum Gasteiger partial charge on any atom is 0.213 e. The van der Waals surface area contributed by atoms with Gasteiger partial charge in [-0.05, 0) is 18.6 Å². The quantitative estimate of drug-likeness (QED) is 0.746. The Kier molecular flexibility index (Phi) is 2.44. The molecule has 0 aliphatic carbocycles. The maximum atomic E-state index is 5.11. The number of aromatic amines is 1. The summed E-state index contributed by atoms with van der Waals surface area (Å²) in [6.07, 6.45) is 5.35. The number of nitrogens with one attached hydrogen (secondary N) is 1. The molecule has 0 saturated heterocycles. The van der Waals surface area contributed by atoms with Crippen molar-refractivity contribution in [2.24, 2.45) is 0 Å². The Morgan fingerprint density at radius 2 is 2.17 bits per heavy atom. The van der Waals surface area contributed by atoms with Gasteiger partial charge in [0.2, 0.25) is 5.88 Å². The molecule has 3 heterocycles. The fraction of sp³-hybridized carbons (Fsp3) is 0.154. The Morgan fingerprint density at radius 1 is 1.28 bits per heavy atom. The lowest BCUT2D eigenvalue weighted by molar-refractivity contribution is 0.398. The van der Waals surface area contributed by atoms with Crippen LogP contribution in [0.15, 0.2) is 30.7 Å². The molecule has 0 atom stereocenters. The highest BCUT2D eigenvalue weighted by Gasteiger charge is 2.07. The predicted octanol–water partition coefficient (Wildman–Crippen LogP) is 2.34. The Hall–Kier alpha value is -2.43. The van der Waals surface area contributed by atoms with E-state index in [9.17, 15) is 0 Å². The van der Waals surface area contributed by atoms with E-state index < -0.39 is 0 Å². The molecule has 0 fully saturated rings. The first-order valence-electron chi connectivity index (χ1n) is 5.59. The number of aromatic nitrogens is 4. The number of pyridine rings is 1. The predicted molar refractivity (Wildman–Crippen MR) is 68.4 cm³/mol. The number of nitrogens with zero attached hydrogens (tertiary/aromatic N) is 3. The van der Waals surface area contributed by atoms with E-state index in [1.165, 1.54) is 0 Å². The summed E-state index contributed by atoms with van der Waals surface area (Å²) in [5.41, 5.74) is 4.53. The van der Waals surface area contributed by atoms with E-state index >= 15 is 0 Å². The Labute approximate surface area is 104 Å². The van der Waals surface area contributed by atoms with E-state index in [1.807, 2.05) is 25.3 Å². The van der Waals surface area contributed by atoms with Crippen LogP contribution in [0.2, 0.25) is 0 Å². The normalized spacial score (nSPS) is 10.8. The molecule has 3 rings (SSSR count). The number of aryl methyl sites for hydroxylation is 1. The molecule has 3 aromatic heterocycles. The van der Waals surface area contributed by atoms with Crippen molar-refractivity contribution >= 4 is 11.2 Å². The maximum absolute atomic E-state index is 5.11. The number of H-pyrrole nitrogens is 1. The van der Waals surface area contributed by atoms with Gasteiger partial charge >= 0.3 is 0 Å². The number of ether oxygens (including phenoxy) is 1. The minimum absolute atomic E-state index is 0.570. The van der Waals surface area contributed by atoms with Crippen molar-refractivity contribution in [3.8, 4) is 17.1 Å². The number of hydrogen-bond donors (Lipinski definition) is 1. The van der Waals surface area contributed by atoms with Gasteiger partial charge in [-0.2, -0.15) is 0 Å². The zero-order valence-electron chi connectivity index (χ0n) is 10.1. The standard InChI is InChI=1S/C13H12N4O/c1-8-6-15-13-12(8)17-10(7-16-13)9-3-4-14-11(5-9)18-2/h3-7H,1-2H3,(H,15,16). The van der Waals surface area contributed by atoms with E-state index in [4.69, 9.17) is 4.74 Å². The summed E-state index contributed by atoms with van der Waals surface area (Å²) in [4.78, 5) is 16.1. The summed E-state index contributed by atoms with van der Waals surface area (Å²) in [5.74, 6) is 0.570. The van der Waals surface area contributed by atoms with Gasteiger partial charge in [0, 0.05) is 24.0 Å². The lowest BCUT2D eigenvalue weighted by Crippen LogP contribution is -1.91. The number of hydrogen-bond acceptors (Lipinski definition) is 4. The summed E-state index contributed by atoms with van der Waals surface area (Å²) >= 11 is 0. The number of fused-ring (bicyclic) bond motifs is 1. The molecule has 0 spiro atoms. The topological polar surface area (TPSA) is 63.7 Å². The molecule has 0 aliphatic rings. The van der Waals surface area contributed by atoms with Crippen molar-refractivity contribution in [3.05, 3.63) is 36.3 Å². The molecule has 5 nitrogen and oxygen atoms in total. The minimum Gasteiger partial charge on any atom is -0.481 e. The van der Waals surface area contributed by atoms with E-state index in [-0.39, 0.29) is 0 Å². The summed E-state index contributed by atoms with van der Waals surface area (Å²) in [7, 11) is 1.59. The van der Waals surface area contributed by atoms with E-state index in [2.05, 4.69) is 19.9 Å². The summed E-state index contributed by atoms with van der Waals surface area (Å²) in [6, 6.07) is 3.73. The zero-order valence-corrected chi connectivity index (χ0v) is 10.1. The van der Waals surface area contributed by atoms with Gasteiger partial charge in [-0.25, -0.2) is 15.0 Å². The molecule has 0 saturated carbocycles. The van der Waals surface area contributed by atoms with Gasteiger partial charge in [0.05, 0.1) is 19.0 Å². The molecule has 0 amide bonds. The second-order valence-electron chi connectivity index (χ2n) is 4.01. The third kappa shape index (κ3) is 1.69. The van der Waals surface area contributed by atoms with E-state index in [0.29, 0.717) is 5.88 Å². The number of rotatable bonds is 2. The third-order valence-corrected chi connectivity index (χ3v) is 2.81. The van der Waals surface area contributed by atoms with Gasteiger partial charge in [-0.15, -0.1) is 0 Å². The van der Waals surface area contributed by atoms with Crippen LogP contribution in [0.5, 0.6) is 5.88 Å². The van der Waals surface area contributed by atoms with Crippen LogP contribution in [-0.4, -0.2) is 27.0 Å². The molecule has 5 heteroatoms. The molecular weight excluding hydrogens is 228 g/mol. The van der Waals surface area contributed by atoms with Gasteiger partial charge in [0.15, 0.2) is 5.65 Å². The molecule has 1 N–H and O–H groups in total. The first kappa shape index (κ1) is 10.7. The van der Waals surface area contributed by atoms with E-state index in [0.717, 1.165) is 28.0 Å². The zero-order chi connectivity index (χ0) is 12.5. The summed E-state index contributed by atoms with van der Waals surface area (Å²) in [6.45, 7) is 2.00. The van der Waals surface area contributed by atoms with Gasteiger partial charge in [0.1, 0.15) is 5.52 Å².